The van der Waals surface area contributed by atoms with Crippen LogP contribution in [0.2, 0.25) is 0 Å². The highest BCUT2D eigenvalue weighted by Gasteiger charge is 2.35. The molecule has 0 bridgehead atoms. The lowest BCUT2D eigenvalue weighted by Gasteiger charge is -2.40. The average molecular weight is 387 g/mol. The molecule has 1 heterocycles. The third-order valence-corrected chi connectivity index (χ3v) is 5.10. The van der Waals surface area contributed by atoms with Crippen LogP contribution in [0.1, 0.15) is 37.7 Å². The number of amides is 1. The Morgan fingerprint density at radius 2 is 2.14 bits per heavy atom. The topological polar surface area (TPSA) is 42.0 Å². The summed E-state index contributed by atoms with van der Waals surface area (Å²) < 4.78 is 11.2. The van der Waals surface area contributed by atoms with Crippen molar-refractivity contribution in [1.82, 2.24) is 10.0 Å². The summed E-state index contributed by atoms with van der Waals surface area (Å²) in [5.41, 5.74) is 1.17. The zero-order valence-electron chi connectivity index (χ0n) is 17.1. The van der Waals surface area contributed by atoms with Crippen molar-refractivity contribution in [3.8, 4) is 0 Å². The number of methoxy groups -OCH3 is 1. The van der Waals surface area contributed by atoms with Crippen LogP contribution in [0.15, 0.2) is 55.6 Å². The van der Waals surface area contributed by atoms with Crippen molar-refractivity contribution in [3.63, 3.8) is 0 Å². The normalized spacial score (nSPS) is 18.0. The molecular formula is C23H34N2O3. The highest BCUT2D eigenvalue weighted by molar-refractivity contribution is 5.86. The molecule has 0 aliphatic carbocycles. The van der Waals surface area contributed by atoms with Crippen LogP contribution in [0.3, 0.4) is 0 Å². The van der Waals surface area contributed by atoms with E-state index in [1.807, 2.05) is 29.3 Å². The van der Waals surface area contributed by atoms with Gasteiger partial charge < -0.3 is 9.47 Å². The van der Waals surface area contributed by atoms with Crippen LogP contribution in [0.4, 0.5) is 0 Å². The molecule has 1 aliphatic rings. The Morgan fingerprint density at radius 1 is 1.36 bits per heavy atom. The van der Waals surface area contributed by atoms with Gasteiger partial charge in [-0.3, -0.25) is 9.80 Å². The van der Waals surface area contributed by atoms with Crippen LogP contribution < -0.4 is 0 Å². The van der Waals surface area contributed by atoms with E-state index < -0.39 is 0 Å². The number of carbonyl (C=O) groups is 1. The van der Waals surface area contributed by atoms with E-state index >= 15 is 0 Å². The summed E-state index contributed by atoms with van der Waals surface area (Å²) >= 11 is 0. The van der Waals surface area contributed by atoms with Gasteiger partial charge >= 0.3 is 0 Å². The molecule has 1 amide bonds. The summed E-state index contributed by atoms with van der Waals surface area (Å²) in [5, 5.41) is 4.06. The summed E-state index contributed by atoms with van der Waals surface area (Å²) in [4.78, 5) is 12.7. The lowest BCUT2D eigenvalue weighted by Crippen LogP contribution is -2.54. The third-order valence-electron chi connectivity index (χ3n) is 5.10. The zero-order valence-corrected chi connectivity index (χ0v) is 17.1. The van der Waals surface area contributed by atoms with E-state index in [0.717, 1.165) is 38.6 Å². The van der Waals surface area contributed by atoms with Crippen molar-refractivity contribution >= 4 is 5.91 Å². The van der Waals surface area contributed by atoms with Crippen molar-refractivity contribution in [1.29, 1.82) is 0 Å². The predicted octanol–water partition coefficient (Wildman–Crippen LogP) is 3.97. The fraction of sp³-hybridized carbons (Fsp3) is 0.522. The van der Waals surface area contributed by atoms with Gasteiger partial charge in [0.2, 0.25) is 0 Å². The first kappa shape index (κ1) is 22.3. The monoisotopic (exact) mass is 386 g/mol. The Labute approximate surface area is 169 Å². The van der Waals surface area contributed by atoms with Gasteiger partial charge in [-0.1, -0.05) is 43.0 Å². The second-order valence-electron chi connectivity index (χ2n) is 7.16. The van der Waals surface area contributed by atoms with Crippen LogP contribution in [0, 0.1) is 0 Å². The molecule has 0 spiro atoms. The molecule has 5 heteroatoms. The molecule has 1 saturated heterocycles. The highest BCUT2D eigenvalue weighted by atomic mass is 16.5. The number of benzene rings is 1. The fourth-order valence-electron chi connectivity index (χ4n) is 3.79. The van der Waals surface area contributed by atoms with E-state index in [4.69, 9.17) is 9.47 Å². The Kier molecular flexibility index (Phi) is 9.97. The molecule has 1 aliphatic heterocycles. The largest absolute Gasteiger partial charge is 0.383 e. The van der Waals surface area contributed by atoms with Crippen molar-refractivity contribution in [3.05, 3.63) is 61.2 Å². The number of ether oxygens (including phenoxy) is 2. The molecule has 0 radical (unpaired) electrons. The van der Waals surface area contributed by atoms with Gasteiger partial charge in [-0.05, 0) is 43.7 Å². The second-order valence-corrected chi connectivity index (χ2v) is 7.16. The molecule has 1 aromatic carbocycles. The van der Waals surface area contributed by atoms with Crippen LogP contribution in [0.25, 0.3) is 0 Å². The fourth-order valence-corrected chi connectivity index (χ4v) is 3.79. The van der Waals surface area contributed by atoms with Gasteiger partial charge in [0.1, 0.15) is 0 Å². The standard InChI is InChI=1S/C23H34N2O3/c1-4-11-21(15-10-17-28-18-20-12-7-6-8-13-20)25(23(26)5-2)24-16-9-14-22(24)19-27-3/h4-8,12-13,21-22H,1-2,9-11,14-19H2,3H3/t21-,22+/m1/s1. The number of nitrogens with zero attached hydrogens (tertiary/aromatic N) is 2. The molecule has 1 aromatic rings. The van der Waals surface area contributed by atoms with Crippen molar-refractivity contribution in [2.75, 3.05) is 26.9 Å². The molecule has 2 rings (SSSR count). The van der Waals surface area contributed by atoms with Gasteiger partial charge in [0.25, 0.3) is 5.91 Å². The van der Waals surface area contributed by atoms with Crippen LogP contribution in [-0.2, 0) is 20.9 Å². The molecule has 0 N–H and O–H groups in total. The minimum Gasteiger partial charge on any atom is -0.383 e. The van der Waals surface area contributed by atoms with Crippen molar-refractivity contribution in [2.45, 2.75) is 50.8 Å². The maximum absolute atomic E-state index is 12.7. The minimum absolute atomic E-state index is 0.0555. The maximum atomic E-state index is 12.7. The van der Waals surface area contributed by atoms with E-state index in [1.165, 1.54) is 11.6 Å². The van der Waals surface area contributed by atoms with Crippen molar-refractivity contribution in [2.24, 2.45) is 0 Å². The number of rotatable bonds is 13. The van der Waals surface area contributed by atoms with E-state index in [2.05, 4.69) is 30.3 Å². The molecule has 28 heavy (non-hydrogen) atoms. The third kappa shape index (κ3) is 6.59. The molecule has 5 nitrogen and oxygen atoms in total. The molecule has 2 atom stereocenters. The van der Waals surface area contributed by atoms with E-state index in [1.54, 1.807) is 7.11 Å². The summed E-state index contributed by atoms with van der Waals surface area (Å²) in [6, 6.07) is 10.5. The summed E-state index contributed by atoms with van der Waals surface area (Å²) in [6.07, 6.45) is 7.89. The molecule has 0 aromatic heterocycles. The summed E-state index contributed by atoms with van der Waals surface area (Å²) in [5.74, 6) is -0.0555. The Morgan fingerprint density at radius 3 is 2.82 bits per heavy atom. The number of hydrogen-bond donors (Lipinski definition) is 0. The van der Waals surface area contributed by atoms with Crippen LogP contribution in [0.5, 0.6) is 0 Å². The molecule has 0 saturated carbocycles. The molecule has 154 valence electrons. The van der Waals surface area contributed by atoms with E-state index in [9.17, 15) is 4.79 Å². The van der Waals surface area contributed by atoms with Gasteiger partial charge in [-0.15, -0.1) is 6.58 Å². The predicted molar refractivity (Wildman–Crippen MR) is 113 cm³/mol. The second kappa shape index (κ2) is 12.5. The van der Waals surface area contributed by atoms with Gasteiger partial charge in [0.15, 0.2) is 0 Å². The first-order valence-corrected chi connectivity index (χ1v) is 10.1. The molecule has 0 unspecified atom stereocenters. The first-order chi connectivity index (χ1) is 13.7. The Bertz CT molecular complexity index is 605. The Balaban J connectivity index is 1.93. The highest BCUT2D eigenvalue weighted by Crippen LogP contribution is 2.25. The van der Waals surface area contributed by atoms with Crippen LogP contribution in [-0.4, -0.2) is 54.9 Å². The molecule has 1 fully saturated rings. The quantitative estimate of drug-likeness (QED) is 0.292. The van der Waals surface area contributed by atoms with E-state index in [0.29, 0.717) is 19.8 Å². The summed E-state index contributed by atoms with van der Waals surface area (Å²) in [7, 11) is 1.71. The average Bonchev–Trinajstić information content (AvgIpc) is 3.16. The smallest absolute Gasteiger partial charge is 0.260 e. The van der Waals surface area contributed by atoms with Gasteiger partial charge in [0, 0.05) is 20.3 Å². The minimum atomic E-state index is -0.0555. The Hall–Kier alpha value is -1.95. The van der Waals surface area contributed by atoms with E-state index in [-0.39, 0.29) is 18.0 Å². The number of carbonyl (C=O) groups excluding carboxylic acids is 1. The summed E-state index contributed by atoms with van der Waals surface area (Å²) in [6.45, 7) is 10.4. The first-order valence-electron chi connectivity index (χ1n) is 10.1. The number of hydrazine groups is 1. The zero-order chi connectivity index (χ0) is 20.2. The number of hydrogen-bond acceptors (Lipinski definition) is 4. The lowest BCUT2D eigenvalue weighted by molar-refractivity contribution is -0.154. The van der Waals surface area contributed by atoms with Gasteiger partial charge in [0.05, 0.1) is 25.3 Å². The van der Waals surface area contributed by atoms with Crippen molar-refractivity contribution < 1.29 is 14.3 Å². The van der Waals surface area contributed by atoms with Crippen LogP contribution >= 0.6 is 0 Å². The maximum Gasteiger partial charge on any atom is 0.260 e. The lowest BCUT2D eigenvalue weighted by atomic mass is 10.1. The van der Waals surface area contributed by atoms with Gasteiger partial charge in [-0.25, -0.2) is 5.01 Å². The molecular weight excluding hydrogens is 352 g/mol. The SMILES string of the molecule is C=CC[C@H](CCCOCc1ccccc1)N(C(=O)C=C)N1CCC[C@H]1COC. The van der Waals surface area contributed by atoms with Gasteiger partial charge in [-0.2, -0.15) is 0 Å².